The maximum Gasteiger partial charge on any atom is 0.108 e. The number of nitrogens with zero attached hydrogens (tertiary/aromatic N) is 2. The lowest BCUT2D eigenvalue weighted by molar-refractivity contribution is 0.394. The molecule has 1 aliphatic heterocycles. The van der Waals surface area contributed by atoms with Crippen molar-refractivity contribution in [2.24, 2.45) is 5.92 Å². The number of aryl methyl sites for hydroxylation is 2. The molecule has 2 heteroatoms. The Bertz CT molecular complexity index is 288. The monoisotopic (exact) mass is 178 g/mol. The lowest BCUT2D eigenvalue weighted by atomic mass is 10.0. The molecule has 0 amide bonds. The number of fused-ring (bicyclic) bond motifs is 1. The van der Waals surface area contributed by atoms with Crippen molar-refractivity contribution < 1.29 is 0 Å². The van der Waals surface area contributed by atoms with Crippen LogP contribution in [0, 0.1) is 5.92 Å². The normalized spacial score (nSPS) is 21.5. The minimum absolute atomic E-state index is 0.830. The van der Waals surface area contributed by atoms with E-state index in [2.05, 4.69) is 29.6 Å². The van der Waals surface area contributed by atoms with E-state index in [1.807, 2.05) is 0 Å². The van der Waals surface area contributed by atoms with Gasteiger partial charge in [0, 0.05) is 19.2 Å². The predicted octanol–water partition coefficient (Wildman–Crippen LogP) is 2.42. The van der Waals surface area contributed by atoms with E-state index in [0.29, 0.717) is 0 Å². The summed E-state index contributed by atoms with van der Waals surface area (Å²) in [5.41, 5.74) is 1.28. The van der Waals surface area contributed by atoms with Crippen LogP contribution < -0.4 is 0 Å². The first kappa shape index (κ1) is 8.79. The Morgan fingerprint density at radius 2 is 2.46 bits per heavy atom. The van der Waals surface area contributed by atoms with E-state index in [4.69, 9.17) is 0 Å². The Morgan fingerprint density at radius 3 is 3.23 bits per heavy atom. The van der Waals surface area contributed by atoms with E-state index in [0.717, 1.165) is 12.3 Å². The number of rotatable bonds is 2. The minimum Gasteiger partial charge on any atom is -0.334 e. The molecule has 0 saturated carbocycles. The Kier molecular flexibility index (Phi) is 2.38. The summed E-state index contributed by atoms with van der Waals surface area (Å²) >= 11 is 0. The molecule has 0 spiro atoms. The molecule has 0 bridgehead atoms. The molecule has 1 atom stereocenters. The van der Waals surface area contributed by atoms with Gasteiger partial charge in [-0.1, -0.05) is 20.3 Å². The molecule has 1 aromatic rings. The van der Waals surface area contributed by atoms with Gasteiger partial charge >= 0.3 is 0 Å². The summed E-state index contributed by atoms with van der Waals surface area (Å²) in [5.74, 6) is 2.14. The fourth-order valence-corrected chi connectivity index (χ4v) is 2.05. The van der Waals surface area contributed by atoms with Crippen molar-refractivity contribution in [1.29, 1.82) is 0 Å². The molecule has 2 nitrogen and oxygen atoms in total. The summed E-state index contributed by atoms with van der Waals surface area (Å²) in [6, 6.07) is 0. The van der Waals surface area contributed by atoms with Gasteiger partial charge in [0.1, 0.15) is 5.82 Å². The summed E-state index contributed by atoms with van der Waals surface area (Å²) in [5, 5.41) is 0. The molecule has 0 aliphatic carbocycles. The highest BCUT2D eigenvalue weighted by molar-refractivity contribution is 5.06. The van der Waals surface area contributed by atoms with E-state index in [1.54, 1.807) is 0 Å². The molecule has 13 heavy (non-hydrogen) atoms. The molecule has 2 rings (SSSR count). The Labute approximate surface area is 80.0 Å². The van der Waals surface area contributed by atoms with Gasteiger partial charge in [0.25, 0.3) is 0 Å². The molecule has 1 aromatic heterocycles. The second-order valence-corrected chi connectivity index (χ2v) is 4.19. The summed E-state index contributed by atoms with van der Waals surface area (Å²) in [6.07, 6.45) is 7.06. The fourth-order valence-electron chi connectivity index (χ4n) is 2.05. The van der Waals surface area contributed by atoms with Crippen molar-refractivity contribution in [1.82, 2.24) is 9.55 Å². The van der Waals surface area contributed by atoms with Gasteiger partial charge in [-0.15, -0.1) is 0 Å². The van der Waals surface area contributed by atoms with Crippen LogP contribution in [0.3, 0.4) is 0 Å². The van der Waals surface area contributed by atoms with E-state index >= 15 is 0 Å². The molecule has 2 heterocycles. The molecule has 0 radical (unpaired) electrons. The topological polar surface area (TPSA) is 17.8 Å². The second-order valence-electron chi connectivity index (χ2n) is 4.19. The first-order chi connectivity index (χ1) is 6.29. The van der Waals surface area contributed by atoms with Crippen molar-refractivity contribution >= 4 is 0 Å². The van der Waals surface area contributed by atoms with E-state index in [9.17, 15) is 0 Å². The van der Waals surface area contributed by atoms with Gasteiger partial charge in [0.2, 0.25) is 0 Å². The highest BCUT2D eigenvalue weighted by Crippen LogP contribution is 2.19. The van der Waals surface area contributed by atoms with Crippen LogP contribution in [0.15, 0.2) is 6.20 Å². The van der Waals surface area contributed by atoms with Crippen LogP contribution in [0.4, 0.5) is 0 Å². The molecule has 1 unspecified atom stereocenters. The quantitative estimate of drug-likeness (QED) is 0.680. The molecular formula is C11H18N2. The van der Waals surface area contributed by atoms with Gasteiger partial charge in [-0.3, -0.25) is 0 Å². The van der Waals surface area contributed by atoms with Crippen LogP contribution in [0.25, 0.3) is 0 Å². The third kappa shape index (κ3) is 1.77. The largest absolute Gasteiger partial charge is 0.334 e. The first-order valence-corrected chi connectivity index (χ1v) is 5.34. The number of aromatic nitrogens is 2. The number of hydrogen-bond acceptors (Lipinski definition) is 1. The summed E-state index contributed by atoms with van der Waals surface area (Å²) < 4.78 is 2.35. The minimum atomic E-state index is 0.830. The zero-order chi connectivity index (χ0) is 9.26. The van der Waals surface area contributed by atoms with Crippen molar-refractivity contribution in [3.63, 3.8) is 0 Å². The van der Waals surface area contributed by atoms with Crippen LogP contribution >= 0.6 is 0 Å². The second kappa shape index (κ2) is 3.52. The van der Waals surface area contributed by atoms with Crippen LogP contribution in [-0.4, -0.2) is 9.55 Å². The van der Waals surface area contributed by atoms with Gasteiger partial charge in [0.05, 0.1) is 5.69 Å². The number of hydrogen-bond donors (Lipinski definition) is 0. The van der Waals surface area contributed by atoms with Gasteiger partial charge in [-0.25, -0.2) is 4.98 Å². The van der Waals surface area contributed by atoms with Gasteiger partial charge < -0.3 is 4.57 Å². The van der Waals surface area contributed by atoms with Crippen LogP contribution in [0.2, 0.25) is 0 Å². The van der Waals surface area contributed by atoms with Crippen molar-refractivity contribution in [2.45, 2.75) is 46.1 Å². The smallest absolute Gasteiger partial charge is 0.108 e. The van der Waals surface area contributed by atoms with Crippen molar-refractivity contribution in [2.75, 3.05) is 0 Å². The predicted molar refractivity (Wildman–Crippen MR) is 53.7 cm³/mol. The third-order valence-corrected chi connectivity index (χ3v) is 2.78. The highest BCUT2D eigenvalue weighted by Gasteiger charge is 2.16. The maximum absolute atomic E-state index is 4.64. The summed E-state index contributed by atoms with van der Waals surface area (Å²) in [7, 11) is 0. The molecule has 72 valence electrons. The van der Waals surface area contributed by atoms with Gasteiger partial charge in [0.15, 0.2) is 0 Å². The molecule has 0 N–H and O–H groups in total. The van der Waals surface area contributed by atoms with Crippen molar-refractivity contribution in [3.8, 4) is 0 Å². The zero-order valence-electron chi connectivity index (χ0n) is 8.58. The molecular weight excluding hydrogens is 160 g/mol. The van der Waals surface area contributed by atoms with E-state index in [1.165, 1.54) is 37.3 Å². The molecule has 0 fully saturated rings. The molecule has 0 aromatic carbocycles. The van der Waals surface area contributed by atoms with E-state index in [-0.39, 0.29) is 0 Å². The van der Waals surface area contributed by atoms with Gasteiger partial charge in [-0.05, 0) is 18.8 Å². The van der Waals surface area contributed by atoms with Crippen molar-refractivity contribution in [3.05, 3.63) is 17.7 Å². The SMILES string of the molecule is CCCc1cn2c(n1)CCC(C)C2. The van der Waals surface area contributed by atoms with Crippen LogP contribution in [-0.2, 0) is 19.4 Å². The van der Waals surface area contributed by atoms with Crippen LogP contribution in [0.5, 0.6) is 0 Å². The number of imidazole rings is 1. The first-order valence-electron chi connectivity index (χ1n) is 5.34. The Morgan fingerprint density at radius 1 is 1.62 bits per heavy atom. The summed E-state index contributed by atoms with van der Waals surface area (Å²) in [6.45, 7) is 5.70. The Balaban J connectivity index is 2.18. The highest BCUT2D eigenvalue weighted by atomic mass is 15.1. The third-order valence-electron chi connectivity index (χ3n) is 2.78. The molecule has 0 saturated heterocycles. The lowest BCUT2D eigenvalue weighted by Crippen LogP contribution is -2.17. The average molecular weight is 178 g/mol. The Hall–Kier alpha value is -0.790. The average Bonchev–Trinajstić information content (AvgIpc) is 2.46. The van der Waals surface area contributed by atoms with Gasteiger partial charge in [-0.2, -0.15) is 0 Å². The molecule has 1 aliphatic rings. The lowest BCUT2D eigenvalue weighted by Gasteiger charge is -2.19. The standard InChI is InChI=1S/C11H18N2/c1-3-4-10-8-13-7-9(2)5-6-11(13)12-10/h8-9H,3-7H2,1-2H3. The maximum atomic E-state index is 4.64. The van der Waals surface area contributed by atoms with E-state index < -0.39 is 0 Å². The van der Waals surface area contributed by atoms with Crippen LogP contribution in [0.1, 0.15) is 38.2 Å². The zero-order valence-corrected chi connectivity index (χ0v) is 8.58. The summed E-state index contributed by atoms with van der Waals surface area (Å²) in [4.78, 5) is 4.64. The fraction of sp³-hybridized carbons (Fsp3) is 0.727.